The van der Waals surface area contributed by atoms with E-state index in [1.54, 1.807) is 0 Å². The van der Waals surface area contributed by atoms with Gasteiger partial charge in [0.2, 0.25) is 5.95 Å². The van der Waals surface area contributed by atoms with Gasteiger partial charge in [-0.25, -0.2) is 9.97 Å². The Morgan fingerprint density at radius 2 is 2.00 bits per heavy atom. The van der Waals surface area contributed by atoms with Gasteiger partial charge in [-0.15, -0.1) is 0 Å². The Morgan fingerprint density at radius 1 is 1.28 bits per heavy atom. The summed E-state index contributed by atoms with van der Waals surface area (Å²) >= 11 is 0. The summed E-state index contributed by atoms with van der Waals surface area (Å²) in [5.41, 5.74) is 4.53. The van der Waals surface area contributed by atoms with Crippen LogP contribution in [0.1, 0.15) is 43.1 Å². The molecule has 1 atom stereocenters. The molecule has 3 rings (SSSR count). The summed E-state index contributed by atoms with van der Waals surface area (Å²) in [7, 11) is 0. The molecule has 6 nitrogen and oxygen atoms in total. The Balaban J connectivity index is 1.72. The molecule has 25 heavy (non-hydrogen) atoms. The second kappa shape index (κ2) is 7.15. The number of alkyl halides is 3. The second-order valence-electron chi connectivity index (χ2n) is 6.82. The average molecular weight is 357 g/mol. The van der Waals surface area contributed by atoms with Gasteiger partial charge in [0, 0.05) is 11.3 Å². The summed E-state index contributed by atoms with van der Waals surface area (Å²) in [6.45, 7) is 3.85. The molecule has 9 heteroatoms. The fraction of sp³-hybridized carbons (Fsp3) is 0.688. The minimum absolute atomic E-state index is 0.177. The second-order valence-corrected chi connectivity index (χ2v) is 6.82. The lowest BCUT2D eigenvalue weighted by Crippen LogP contribution is -2.39. The Hall–Kier alpha value is -1.90. The fourth-order valence-corrected chi connectivity index (χ4v) is 3.38. The zero-order valence-corrected chi connectivity index (χ0v) is 14.1. The van der Waals surface area contributed by atoms with E-state index in [4.69, 9.17) is 0 Å². The predicted molar refractivity (Wildman–Crippen MR) is 85.7 cm³/mol. The summed E-state index contributed by atoms with van der Waals surface area (Å²) in [5.74, 6) is -0.350. The molecule has 0 aromatic carbocycles. The fourth-order valence-electron chi connectivity index (χ4n) is 3.38. The van der Waals surface area contributed by atoms with Gasteiger partial charge in [0.1, 0.15) is 0 Å². The number of carbonyl (C=O) groups excluding carboxylic acids is 1. The van der Waals surface area contributed by atoms with E-state index in [1.807, 2.05) is 11.8 Å². The van der Waals surface area contributed by atoms with E-state index in [0.29, 0.717) is 18.5 Å². The van der Waals surface area contributed by atoms with Gasteiger partial charge in [0.05, 0.1) is 6.54 Å². The van der Waals surface area contributed by atoms with Crippen molar-refractivity contribution in [3.63, 3.8) is 0 Å². The van der Waals surface area contributed by atoms with Gasteiger partial charge in [-0.05, 0) is 51.1 Å². The van der Waals surface area contributed by atoms with Crippen LogP contribution in [0.5, 0.6) is 0 Å². The first-order valence-electron chi connectivity index (χ1n) is 8.57. The van der Waals surface area contributed by atoms with Gasteiger partial charge in [0.25, 0.3) is 5.91 Å². The number of aryl methyl sites for hydroxylation is 1. The summed E-state index contributed by atoms with van der Waals surface area (Å²) in [5, 5.41) is 0. The van der Waals surface area contributed by atoms with Crippen LogP contribution in [0.4, 0.5) is 19.1 Å². The van der Waals surface area contributed by atoms with E-state index < -0.39 is 11.9 Å². The zero-order valence-electron chi connectivity index (χ0n) is 14.1. The summed E-state index contributed by atoms with van der Waals surface area (Å²) in [4.78, 5) is 21.7. The lowest BCUT2D eigenvalue weighted by atomic mass is 9.87. The Labute approximate surface area is 144 Å². The Bertz CT molecular complexity index is 643. The number of likely N-dealkylation sites (tertiary alicyclic amines) is 1. The third-order valence-electron chi connectivity index (χ3n) is 4.67. The molecular weight excluding hydrogens is 335 g/mol. The molecule has 1 saturated heterocycles. The molecule has 1 aliphatic heterocycles. The number of aromatic nitrogens is 2. The Morgan fingerprint density at radius 3 is 2.68 bits per heavy atom. The number of amides is 1. The molecule has 0 bridgehead atoms. The van der Waals surface area contributed by atoms with Gasteiger partial charge in [-0.1, -0.05) is 6.92 Å². The van der Waals surface area contributed by atoms with Crippen molar-refractivity contribution in [3.05, 3.63) is 17.0 Å². The van der Waals surface area contributed by atoms with Crippen molar-refractivity contribution in [2.75, 3.05) is 25.1 Å². The van der Waals surface area contributed by atoms with Gasteiger partial charge in [-0.3, -0.25) is 20.5 Å². The maximum absolute atomic E-state index is 13.3. The highest BCUT2D eigenvalue weighted by molar-refractivity contribution is 5.79. The van der Waals surface area contributed by atoms with Crippen molar-refractivity contribution in [3.8, 4) is 0 Å². The van der Waals surface area contributed by atoms with E-state index >= 15 is 0 Å². The zero-order chi connectivity index (χ0) is 18.0. The molecule has 2 aliphatic rings. The third kappa shape index (κ3) is 4.39. The highest BCUT2D eigenvalue weighted by Crippen LogP contribution is 2.36. The van der Waals surface area contributed by atoms with Gasteiger partial charge < -0.3 is 0 Å². The number of hydrogen-bond acceptors (Lipinski definition) is 5. The topological polar surface area (TPSA) is 70.2 Å². The van der Waals surface area contributed by atoms with Crippen molar-refractivity contribution in [2.24, 2.45) is 5.92 Å². The molecule has 0 radical (unpaired) electrons. The number of nitrogens with one attached hydrogen (secondary N) is 2. The number of carbonyl (C=O) groups is 1. The van der Waals surface area contributed by atoms with Crippen LogP contribution in [0.2, 0.25) is 0 Å². The van der Waals surface area contributed by atoms with E-state index in [-0.39, 0.29) is 29.9 Å². The Kier molecular flexibility index (Phi) is 5.12. The summed E-state index contributed by atoms with van der Waals surface area (Å²) in [6.07, 6.45) is -0.823. The summed E-state index contributed by atoms with van der Waals surface area (Å²) < 4.78 is 40.0. The molecule has 2 N–H and O–H groups in total. The van der Waals surface area contributed by atoms with Crippen LogP contribution >= 0.6 is 0 Å². The van der Waals surface area contributed by atoms with Crippen molar-refractivity contribution in [1.29, 1.82) is 0 Å². The molecule has 0 spiro atoms. The summed E-state index contributed by atoms with van der Waals surface area (Å²) in [6, 6.07) is 0. The molecule has 1 aromatic heterocycles. The average Bonchev–Trinajstić information content (AvgIpc) is 3.04. The van der Waals surface area contributed by atoms with Gasteiger partial charge in [0.15, 0.2) is 5.69 Å². The van der Waals surface area contributed by atoms with Crippen LogP contribution < -0.4 is 10.9 Å². The first-order chi connectivity index (χ1) is 11.8. The molecule has 0 saturated carbocycles. The van der Waals surface area contributed by atoms with Crippen LogP contribution in [-0.2, 0) is 23.8 Å². The lowest BCUT2D eigenvalue weighted by Gasteiger charge is -2.24. The third-order valence-corrected chi connectivity index (χ3v) is 4.67. The number of hydrogen-bond donors (Lipinski definition) is 2. The number of nitrogens with zero attached hydrogens (tertiary/aromatic N) is 3. The number of anilines is 1. The van der Waals surface area contributed by atoms with E-state index in [1.165, 1.54) is 0 Å². The van der Waals surface area contributed by atoms with E-state index in [0.717, 1.165) is 32.4 Å². The normalized spacial score (nSPS) is 21.0. The monoisotopic (exact) mass is 357 g/mol. The van der Waals surface area contributed by atoms with Crippen molar-refractivity contribution in [2.45, 2.75) is 45.2 Å². The van der Waals surface area contributed by atoms with E-state index in [2.05, 4.69) is 20.8 Å². The van der Waals surface area contributed by atoms with Crippen LogP contribution in [0.3, 0.4) is 0 Å². The molecular formula is C16H22F3N5O. The molecule has 1 aliphatic carbocycles. The van der Waals surface area contributed by atoms with E-state index in [9.17, 15) is 18.0 Å². The highest BCUT2D eigenvalue weighted by Gasteiger charge is 2.38. The minimum Gasteiger partial charge on any atom is -0.294 e. The highest BCUT2D eigenvalue weighted by atomic mass is 19.4. The molecule has 1 unspecified atom stereocenters. The van der Waals surface area contributed by atoms with Crippen molar-refractivity contribution >= 4 is 11.9 Å². The standard InChI is InChI=1S/C16H22F3N5O/c1-10-4-5-12-11(8-10)14(16(17,18)19)21-15(20-12)23-22-13(25)9-24-6-2-3-7-24/h10H,2-9H2,1H3,(H,22,25)(H,20,21,23). The number of rotatable bonds is 4. The van der Waals surface area contributed by atoms with Crippen LogP contribution in [0, 0.1) is 5.92 Å². The molecule has 1 fully saturated rings. The van der Waals surface area contributed by atoms with Crippen LogP contribution in [0.25, 0.3) is 0 Å². The number of hydrazine groups is 1. The van der Waals surface area contributed by atoms with Crippen LogP contribution in [-0.4, -0.2) is 40.4 Å². The maximum Gasteiger partial charge on any atom is 0.433 e. The lowest BCUT2D eigenvalue weighted by molar-refractivity contribution is -0.142. The molecule has 1 aromatic rings. The maximum atomic E-state index is 13.3. The van der Waals surface area contributed by atoms with Crippen molar-refractivity contribution < 1.29 is 18.0 Å². The smallest absolute Gasteiger partial charge is 0.294 e. The number of halogens is 3. The minimum atomic E-state index is -4.54. The molecule has 1 amide bonds. The van der Waals surface area contributed by atoms with Gasteiger partial charge in [-0.2, -0.15) is 13.2 Å². The largest absolute Gasteiger partial charge is 0.433 e. The predicted octanol–water partition coefficient (Wildman–Crippen LogP) is 2.16. The van der Waals surface area contributed by atoms with Crippen LogP contribution in [0.15, 0.2) is 0 Å². The quantitative estimate of drug-likeness (QED) is 0.808. The van der Waals surface area contributed by atoms with Gasteiger partial charge >= 0.3 is 6.18 Å². The first-order valence-corrected chi connectivity index (χ1v) is 8.57. The molecule has 138 valence electrons. The molecule has 2 heterocycles. The number of fused-ring (bicyclic) bond motifs is 1. The SMILES string of the molecule is CC1CCc2nc(NNC(=O)CN3CCCC3)nc(C(F)(F)F)c2C1. The first kappa shape index (κ1) is 17.9. The van der Waals surface area contributed by atoms with Crippen molar-refractivity contribution in [1.82, 2.24) is 20.3 Å².